The number of carboxylic acids is 1. The molecule has 0 saturated heterocycles. The third-order valence-electron chi connectivity index (χ3n) is 5.09. The lowest BCUT2D eigenvalue weighted by Gasteiger charge is -2.21. The van der Waals surface area contributed by atoms with Crippen molar-refractivity contribution in [1.29, 1.82) is 5.41 Å². The molecule has 40 heavy (non-hydrogen) atoms. The highest BCUT2D eigenvalue weighted by molar-refractivity contribution is 5.95. The third kappa shape index (κ3) is 7.37. The van der Waals surface area contributed by atoms with Gasteiger partial charge in [0.2, 0.25) is 0 Å². The first-order chi connectivity index (χ1) is 19.1. The number of ether oxygens (including phenoxy) is 2. The number of nitrogens with one attached hydrogen (secondary N) is 3. The van der Waals surface area contributed by atoms with Crippen molar-refractivity contribution in [1.82, 2.24) is 24.7 Å². The Morgan fingerprint density at radius 3 is 2.45 bits per heavy atom. The molecule has 2 aromatic heterocycles. The van der Waals surface area contributed by atoms with Gasteiger partial charge in [-0.25, -0.2) is 23.5 Å². The number of carboxylic acid groups (broad SMARTS) is 1. The molecule has 0 amide bonds. The van der Waals surface area contributed by atoms with Crippen molar-refractivity contribution in [2.75, 3.05) is 25.7 Å². The molecule has 1 atom stereocenters. The fourth-order valence-electron chi connectivity index (χ4n) is 3.41. The van der Waals surface area contributed by atoms with Crippen LogP contribution in [-0.2, 0) is 4.79 Å². The van der Waals surface area contributed by atoms with Gasteiger partial charge >= 0.3 is 5.69 Å². The van der Waals surface area contributed by atoms with Gasteiger partial charge in [-0.05, 0) is 36.4 Å². The fraction of sp³-hybridized carbons (Fsp3) is 0.200. The molecule has 1 unspecified atom stereocenters. The number of H-pyrrole nitrogens is 1. The number of nitrogen functional groups attached to an aromatic ring is 1. The number of hydrogen-bond acceptors (Lipinski definition) is 9. The Kier molecular flexibility index (Phi) is 9.83. The van der Waals surface area contributed by atoms with Crippen molar-refractivity contribution in [3.8, 4) is 17.4 Å². The van der Waals surface area contributed by atoms with Crippen molar-refractivity contribution < 1.29 is 28.2 Å². The van der Waals surface area contributed by atoms with Crippen LogP contribution in [0.25, 0.3) is 5.95 Å². The quantitative estimate of drug-likeness (QED) is 0.143. The van der Waals surface area contributed by atoms with E-state index in [0.29, 0.717) is 11.3 Å². The van der Waals surface area contributed by atoms with Gasteiger partial charge in [-0.1, -0.05) is 0 Å². The summed E-state index contributed by atoms with van der Waals surface area (Å²) in [6, 6.07) is 9.50. The number of anilines is 1. The number of amidine groups is 1. The maximum absolute atomic E-state index is 15.3. The van der Waals surface area contributed by atoms with Crippen molar-refractivity contribution in [3.63, 3.8) is 0 Å². The Morgan fingerprint density at radius 2 is 1.88 bits per heavy atom. The molecular formula is C25H26F2N8O5. The summed E-state index contributed by atoms with van der Waals surface area (Å²) in [5.74, 6) is -1.38. The number of nitrogens with two attached hydrogens (primary N) is 1. The first-order valence-electron chi connectivity index (χ1n) is 11.6. The summed E-state index contributed by atoms with van der Waals surface area (Å²) >= 11 is 0. The van der Waals surface area contributed by atoms with E-state index in [2.05, 4.69) is 25.4 Å². The molecule has 6 N–H and O–H groups in total. The zero-order valence-corrected chi connectivity index (χ0v) is 21.4. The fourth-order valence-corrected chi connectivity index (χ4v) is 3.41. The molecule has 4 aromatic rings. The van der Waals surface area contributed by atoms with Gasteiger partial charge in [0.1, 0.15) is 31.0 Å². The van der Waals surface area contributed by atoms with Gasteiger partial charge < -0.3 is 25.6 Å². The van der Waals surface area contributed by atoms with Crippen LogP contribution in [0.4, 0.5) is 14.5 Å². The van der Waals surface area contributed by atoms with E-state index in [-0.39, 0.29) is 41.3 Å². The lowest BCUT2D eigenvalue weighted by atomic mass is 10.0. The summed E-state index contributed by atoms with van der Waals surface area (Å²) in [5, 5.41) is 22.4. The second-order valence-corrected chi connectivity index (χ2v) is 7.93. The number of methoxy groups -OCH3 is 1. The van der Waals surface area contributed by atoms with Crippen molar-refractivity contribution in [3.05, 3.63) is 88.1 Å². The van der Waals surface area contributed by atoms with E-state index in [0.717, 1.165) is 17.7 Å². The second-order valence-electron chi connectivity index (χ2n) is 7.93. The summed E-state index contributed by atoms with van der Waals surface area (Å²) in [6.45, 7) is 0.0671. The van der Waals surface area contributed by atoms with Gasteiger partial charge in [-0.15, -0.1) is 9.78 Å². The number of aliphatic carboxylic acids is 1. The van der Waals surface area contributed by atoms with Crippen LogP contribution < -0.4 is 26.2 Å². The minimum atomic E-state index is -1.04. The van der Waals surface area contributed by atoms with Gasteiger partial charge in [0.15, 0.2) is 17.3 Å². The number of rotatable bonds is 10. The number of alkyl halides is 1. The van der Waals surface area contributed by atoms with Gasteiger partial charge in [0.05, 0.1) is 7.11 Å². The van der Waals surface area contributed by atoms with Gasteiger partial charge in [0, 0.05) is 42.2 Å². The van der Waals surface area contributed by atoms with Crippen LogP contribution in [0.15, 0.2) is 59.7 Å². The molecule has 15 heteroatoms. The van der Waals surface area contributed by atoms with Crippen LogP contribution >= 0.6 is 0 Å². The lowest BCUT2D eigenvalue weighted by molar-refractivity contribution is -0.134. The molecule has 0 bridgehead atoms. The van der Waals surface area contributed by atoms with E-state index in [1.54, 1.807) is 30.3 Å². The van der Waals surface area contributed by atoms with Crippen molar-refractivity contribution in [2.24, 2.45) is 5.73 Å². The van der Waals surface area contributed by atoms with E-state index in [1.807, 2.05) is 0 Å². The standard InChI is InChI=1S/C23H22F2N8O3.C2H4O2/c1-35-17-12-16(25)15(11-18(17)36-10-7-24)19(30-14-5-3-13(4-6-14)20(26)27)21-31-23(34)33(32-21)22-28-8-2-9-29-22;1-2(3)4/h2-6,8-9,11-12,19,30H,7,10H2,1H3,(H3,26,27)(H,31,32,34);1H3,(H,3,4). The Hall–Kier alpha value is -5.34. The number of nitrogens with zero attached hydrogens (tertiary/aromatic N) is 4. The maximum atomic E-state index is 15.3. The molecule has 0 radical (unpaired) electrons. The maximum Gasteiger partial charge on any atom is 0.350 e. The van der Waals surface area contributed by atoms with Crippen LogP contribution in [0.3, 0.4) is 0 Å². The highest BCUT2D eigenvalue weighted by atomic mass is 19.1. The second kappa shape index (κ2) is 13.5. The van der Waals surface area contributed by atoms with E-state index in [9.17, 15) is 9.18 Å². The predicted octanol–water partition coefficient (Wildman–Crippen LogP) is 2.42. The minimum absolute atomic E-state index is 0.0248. The molecule has 2 aromatic carbocycles. The number of carbonyl (C=O) groups is 1. The number of halogens is 2. The third-order valence-corrected chi connectivity index (χ3v) is 5.09. The number of hydrogen-bond donors (Lipinski definition) is 5. The largest absolute Gasteiger partial charge is 0.493 e. The monoisotopic (exact) mass is 556 g/mol. The first-order valence-corrected chi connectivity index (χ1v) is 11.6. The number of aromatic amines is 1. The van der Waals surface area contributed by atoms with Crippen LogP contribution in [0.5, 0.6) is 11.5 Å². The topological polar surface area (TPSA) is 194 Å². The molecule has 0 aliphatic heterocycles. The summed E-state index contributed by atoms with van der Waals surface area (Å²) in [4.78, 5) is 32.3. The predicted molar refractivity (Wildman–Crippen MR) is 140 cm³/mol. The van der Waals surface area contributed by atoms with E-state index in [4.69, 9.17) is 30.5 Å². The molecular weight excluding hydrogens is 530 g/mol. The average molecular weight is 557 g/mol. The van der Waals surface area contributed by atoms with Crippen molar-refractivity contribution in [2.45, 2.75) is 13.0 Å². The van der Waals surface area contributed by atoms with Crippen LogP contribution in [0, 0.1) is 11.2 Å². The van der Waals surface area contributed by atoms with Crippen molar-refractivity contribution >= 4 is 17.5 Å². The molecule has 210 valence electrons. The van der Waals surface area contributed by atoms with Crippen LogP contribution in [-0.4, -0.2) is 62.0 Å². The average Bonchev–Trinajstić information content (AvgIpc) is 3.32. The molecule has 13 nitrogen and oxygen atoms in total. The SMILES string of the molecule is CC(=O)O.COc1cc(F)c(C(Nc2ccc(C(=N)N)cc2)c2nn(-c3ncccn3)c(=O)[nH]2)cc1OCCF. The number of benzene rings is 2. The molecule has 0 aliphatic carbocycles. The molecule has 0 aliphatic rings. The van der Waals surface area contributed by atoms with E-state index in [1.165, 1.54) is 25.6 Å². The van der Waals surface area contributed by atoms with Gasteiger partial charge in [-0.3, -0.25) is 15.2 Å². The highest BCUT2D eigenvalue weighted by Gasteiger charge is 2.26. The van der Waals surface area contributed by atoms with Gasteiger partial charge in [-0.2, -0.15) is 0 Å². The normalized spacial score (nSPS) is 11.1. The molecule has 4 rings (SSSR count). The minimum Gasteiger partial charge on any atom is -0.493 e. The summed E-state index contributed by atoms with van der Waals surface area (Å²) in [7, 11) is 1.34. The molecule has 0 fully saturated rings. The molecule has 0 spiro atoms. The summed E-state index contributed by atoms with van der Waals surface area (Å²) < 4.78 is 39.6. The van der Waals surface area contributed by atoms with E-state index < -0.39 is 30.2 Å². The first kappa shape index (κ1) is 29.2. The Bertz CT molecular complexity index is 1510. The van der Waals surface area contributed by atoms with Crippen LogP contribution in [0.2, 0.25) is 0 Å². The van der Waals surface area contributed by atoms with Gasteiger partial charge in [0.25, 0.3) is 11.9 Å². The Morgan fingerprint density at radius 1 is 1.23 bits per heavy atom. The molecule has 2 heterocycles. The zero-order chi connectivity index (χ0) is 29.2. The highest BCUT2D eigenvalue weighted by Crippen LogP contribution is 2.35. The smallest absolute Gasteiger partial charge is 0.350 e. The Balaban J connectivity index is 0.00000103. The zero-order valence-electron chi connectivity index (χ0n) is 21.4. The number of aromatic nitrogens is 5. The Labute approximate surface area is 226 Å². The summed E-state index contributed by atoms with van der Waals surface area (Å²) in [5.41, 5.74) is 5.92. The van der Waals surface area contributed by atoms with Crippen LogP contribution in [0.1, 0.15) is 29.9 Å². The lowest BCUT2D eigenvalue weighted by Crippen LogP contribution is -2.18. The summed E-state index contributed by atoms with van der Waals surface area (Å²) in [6.07, 6.45) is 2.90. The van der Waals surface area contributed by atoms with E-state index >= 15 is 4.39 Å². The molecule has 0 saturated carbocycles.